The van der Waals surface area contributed by atoms with E-state index in [1.54, 1.807) is 30.8 Å². The number of amides is 1. The minimum Gasteiger partial charge on any atom is -0.341 e. The van der Waals surface area contributed by atoms with Gasteiger partial charge in [-0.2, -0.15) is 0 Å². The van der Waals surface area contributed by atoms with Crippen LogP contribution in [0.3, 0.4) is 0 Å². The predicted octanol–water partition coefficient (Wildman–Crippen LogP) is 2.35. The van der Waals surface area contributed by atoms with Gasteiger partial charge in [-0.05, 0) is 35.9 Å². The van der Waals surface area contributed by atoms with E-state index in [1.165, 1.54) is 17.3 Å². The Hall–Kier alpha value is -2.17. The third-order valence-electron chi connectivity index (χ3n) is 3.84. The molecule has 0 fully saturated rings. The van der Waals surface area contributed by atoms with Gasteiger partial charge in [-0.1, -0.05) is 13.8 Å². The van der Waals surface area contributed by atoms with Crippen molar-refractivity contribution in [1.29, 1.82) is 0 Å². The number of rotatable bonds is 7. The van der Waals surface area contributed by atoms with Crippen LogP contribution in [0.4, 0.5) is 5.69 Å². The fourth-order valence-electron chi connectivity index (χ4n) is 2.34. The molecule has 2 N–H and O–H groups in total. The number of aromatic nitrogens is 3. The second kappa shape index (κ2) is 9.16. The molecule has 148 valence electrons. The summed E-state index contributed by atoms with van der Waals surface area (Å²) in [5, 5.41) is 19.7. The second-order valence-corrected chi connectivity index (χ2v) is 7.80. The average molecular weight is 415 g/mol. The molecule has 2 aromatic rings. The highest BCUT2D eigenvalue weighted by molar-refractivity contribution is 7.99. The van der Waals surface area contributed by atoms with E-state index in [1.807, 2.05) is 13.8 Å². The van der Waals surface area contributed by atoms with Crippen molar-refractivity contribution in [2.24, 2.45) is 18.2 Å². The quantitative estimate of drug-likeness (QED) is 0.545. The minimum absolute atomic E-state index is 0. The Bertz CT molecular complexity index is 826. The number of benzene rings is 1. The van der Waals surface area contributed by atoms with Gasteiger partial charge >= 0.3 is 0 Å². The molecule has 0 aliphatic carbocycles. The second-order valence-electron chi connectivity index (χ2n) is 6.80. The third kappa shape index (κ3) is 5.65. The highest BCUT2D eigenvalue weighted by Crippen LogP contribution is 2.34. The maximum atomic E-state index is 12.6. The summed E-state index contributed by atoms with van der Waals surface area (Å²) in [7, 11) is 3.41. The van der Waals surface area contributed by atoms with Gasteiger partial charge in [0.2, 0.25) is 0 Å². The lowest BCUT2D eigenvalue weighted by atomic mass is 9.93. The first kappa shape index (κ1) is 22.9. The Morgan fingerprint density at radius 1 is 1.44 bits per heavy atom. The molecule has 0 spiro atoms. The number of halogens is 1. The standard InChI is InChI=1S/C16H22N6O3S.ClH/c1-16(2,8-17)9-20(3)14(23)11-5-6-13(12(7-11)22(24)25)26-15-19-18-10-21(15)4;/h5-7,10H,8-9,17H2,1-4H3;1H. The lowest BCUT2D eigenvalue weighted by molar-refractivity contribution is -0.387. The van der Waals surface area contributed by atoms with Crippen molar-refractivity contribution in [2.45, 2.75) is 23.9 Å². The molecule has 0 radical (unpaired) electrons. The highest BCUT2D eigenvalue weighted by Gasteiger charge is 2.25. The summed E-state index contributed by atoms with van der Waals surface area (Å²) in [6, 6.07) is 4.44. The van der Waals surface area contributed by atoms with Crippen LogP contribution in [0.25, 0.3) is 0 Å². The molecule has 1 aromatic heterocycles. The molecule has 11 heteroatoms. The van der Waals surface area contributed by atoms with E-state index in [2.05, 4.69) is 10.2 Å². The summed E-state index contributed by atoms with van der Waals surface area (Å²) in [5.74, 6) is -0.287. The smallest absolute Gasteiger partial charge is 0.284 e. The van der Waals surface area contributed by atoms with E-state index in [0.717, 1.165) is 11.8 Å². The van der Waals surface area contributed by atoms with Crippen molar-refractivity contribution in [3.63, 3.8) is 0 Å². The highest BCUT2D eigenvalue weighted by atomic mass is 35.5. The van der Waals surface area contributed by atoms with E-state index in [-0.39, 0.29) is 35.0 Å². The summed E-state index contributed by atoms with van der Waals surface area (Å²) < 4.78 is 1.66. The number of hydrogen-bond donors (Lipinski definition) is 1. The predicted molar refractivity (Wildman–Crippen MR) is 105 cm³/mol. The monoisotopic (exact) mass is 414 g/mol. The molecular weight excluding hydrogens is 392 g/mol. The largest absolute Gasteiger partial charge is 0.341 e. The van der Waals surface area contributed by atoms with Gasteiger partial charge in [-0.25, -0.2) is 0 Å². The van der Waals surface area contributed by atoms with Crippen LogP contribution >= 0.6 is 24.2 Å². The first-order chi connectivity index (χ1) is 12.1. The van der Waals surface area contributed by atoms with Crippen LogP contribution in [0.5, 0.6) is 0 Å². The zero-order valence-electron chi connectivity index (χ0n) is 15.6. The number of nitrogens with two attached hydrogens (primary N) is 1. The summed E-state index contributed by atoms with van der Waals surface area (Å²) >= 11 is 1.12. The number of nitro groups is 1. The van der Waals surface area contributed by atoms with Crippen LogP contribution in [0.1, 0.15) is 24.2 Å². The molecule has 1 amide bonds. The number of hydrogen-bond acceptors (Lipinski definition) is 7. The molecule has 9 nitrogen and oxygen atoms in total. The van der Waals surface area contributed by atoms with Crippen LogP contribution in [0.15, 0.2) is 34.6 Å². The van der Waals surface area contributed by atoms with Crippen molar-refractivity contribution in [1.82, 2.24) is 19.7 Å². The van der Waals surface area contributed by atoms with Crippen molar-refractivity contribution in [3.8, 4) is 0 Å². The summed E-state index contributed by atoms with van der Waals surface area (Å²) in [6.07, 6.45) is 1.51. The Labute approximate surface area is 167 Å². The van der Waals surface area contributed by atoms with Gasteiger partial charge in [0.15, 0.2) is 5.16 Å². The van der Waals surface area contributed by atoms with Crippen LogP contribution in [0, 0.1) is 15.5 Å². The number of nitro benzene ring substituents is 1. The first-order valence-corrected chi connectivity index (χ1v) is 8.72. The van der Waals surface area contributed by atoms with Crippen molar-refractivity contribution in [2.75, 3.05) is 20.1 Å². The van der Waals surface area contributed by atoms with Crippen LogP contribution in [0.2, 0.25) is 0 Å². The summed E-state index contributed by atoms with van der Waals surface area (Å²) in [4.78, 5) is 25.5. The molecule has 0 bridgehead atoms. The Morgan fingerprint density at radius 3 is 2.63 bits per heavy atom. The molecule has 2 rings (SSSR count). The van der Waals surface area contributed by atoms with Gasteiger partial charge in [0.25, 0.3) is 11.6 Å². The lowest BCUT2D eigenvalue weighted by Gasteiger charge is -2.29. The molecule has 0 atom stereocenters. The van der Waals surface area contributed by atoms with Crippen molar-refractivity contribution < 1.29 is 9.72 Å². The number of aryl methyl sites for hydroxylation is 1. The van der Waals surface area contributed by atoms with Gasteiger partial charge < -0.3 is 15.2 Å². The molecule has 1 aromatic carbocycles. The minimum atomic E-state index is -0.501. The fraction of sp³-hybridized carbons (Fsp3) is 0.438. The molecule has 0 saturated carbocycles. The van der Waals surface area contributed by atoms with E-state index in [4.69, 9.17) is 5.73 Å². The molecular formula is C16H23ClN6O3S. The molecule has 1 heterocycles. The molecule has 0 aliphatic rings. The van der Waals surface area contributed by atoms with Crippen LogP contribution < -0.4 is 5.73 Å². The van der Waals surface area contributed by atoms with Crippen LogP contribution in [-0.2, 0) is 7.05 Å². The topological polar surface area (TPSA) is 120 Å². The Kier molecular flexibility index (Phi) is 7.76. The van der Waals surface area contributed by atoms with Gasteiger partial charge in [0, 0.05) is 32.3 Å². The van der Waals surface area contributed by atoms with Gasteiger partial charge in [0.1, 0.15) is 6.33 Å². The fourth-order valence-corrected chi connectivity index (χ4v) is 3.19. The SMILES string of the molecule is CN(CC(C)(C)CN)C(=O)c1ccc(Sc2nncn2C)c([N+](=O)[O-])c1.Cl. The van der Waals surface area contributed by atoms with Gasteiger partial charge in [-0.15, -0.1) is 22.6 Å². The van der Waals surface area contributed by atoms with E-state index < -0.39 is 4.92 Å². The van der Waals surface area contributed by atoms with E-state index in [0.29, 0.717) is 23.1 Å². The Balaban J connectivity index is 0.00000364. The maximum absolute atomic E-state index is 12.6. The normalized spacial score (nSPS) is 11.0. The van der Waals surface area contributed by atoms with Gasteiger partial charge in [-0.3, -0.25) is 14.9 Å². The summed E-state index contributed by atoms with van der Waals surface area (Å²) in [5.41, 5.74) is 5.59. The molecule has 27 heavy (non-hydrogen) atoms. The van der Waals surface area contributed by atoms with Crippen molar-refractivity contribution >= 4 is 35.8 Å². The zero-order valence-corrected chi connectivity index (χ0v) is 17.2. The first-order valence-electron chi connectivity index (χ1n) is 7.90. The van der Waals surface area contributed by atoms with Gasteiger partial charge in [0.05, 0.1) is 9.82 Å². The number of carbonyl (C=O) groups is 1. The number of carbonyl (C=O) groups excluding carboxylic acids is 1. The average Bonchev–Trinajstić information content (AvgIpc) is 2.99. The molecule has 0 aliphatic heterocycles. The van der Waals surface area contributed by atoms with Crippen molar-refractivity contribution in [3.05, 3.63) is 40.2 Å². The lowest BCUT2D eigenvalue weighted by Crippen LogP contribution is -2.39. The van der Waals surface area contributed by atoms with E-state index in [9.17, 15) is 14.9 Å². The zero-order chi connectivity index (χ0) is 19.5. The maximum Gasteiger partial charge on any atom is 0.284 e. The molecule has 0 saturated heterocycles. The van der Waals surface area contributed by atoms with E-state index >= 15 is 0 Å². The number of nitrogens with zero attached hydrogens (tertiary/aromatic N) is 5. The summed E-state index contributed by atoms with van der Waals surface area (Å²) in [6.45, 7) is 4.79. The molecule has 0 unspecified atom stereocenters. The van der Waals surface area contributed by atoms with Crippen LogP contribution in [-0.4, -0.2) is 50.6 Å². The Morgan fingerprint density at radius 2 is 2.11 bits per heavy atom. The third-order valence-corrected chi connectivity index (χ3v) is 4.96.